The fourth-order valence-electron chi connectivity index (χ4n) is 7.26. The van der Waals surface area contributed by atoms with Gasteiger partial charge in [-0.1, -0.05) is 43.1 Å². The zero-order valence-corrected chi connectivity index (χ0v) is 21.4. The van der Waals surface area contributed by atoms with Gasteiger partial charge >= 0.3 is 11.9 Å². The minimum atomic E-state index is -2.31. The molecule has 10 heteroatoms. The van der Waals surface area contributed by atoms with Gasteiger partial charge in [0.2, 0.25) is 10.4 Å². The van der Waals surface area contributed by atoms with Crippen molar-refractivity contribution in [3.8, 4) is 0 Å². The number of carbonyl (C=O) groups is 3. The predicted molar refractivity (Wildman–Crippen MR) is 124 cm³/mol. The molecule has 0 bridgehead atoms. The van der Waals surface area contributed by atoms with E-state index in [9.17, 15) is 19.5 Å². The zero-order valence-electron chi connectivity index (χ0n) is 19.9. The van der Waals surface area contributed by atoms with E-state index in [1.54, 1.807) is 13.8 Å². The molecule has 4 aliphatic carbocycles. The van der Waals surface area contributed by atoms with Crippen molar-refractivity contribution in [1.82, 2.24) is 0 Å². The first-order chi connectivity index (χ1) is 16.3. The van der Waals surface area contributed by atoms with Crippen molar-refractivity contribution in [2.24, 2.45) is 22.7 Å². The Labute approximate surface area is 213 Å². The van der Waals surface area contributed by atoms with E-state index in [1.165, 1.54) is 19.1 Å². The van der Waals surface area contributed by atoms with E-state index in [-0.39, 0.29) is 37.9 Å². The molecule has 0 saturated heterocycles. The first-order valence-corrected chi connectivity index (χ1v) is 12.8. The molecule has 194 valence electrons. The van der Waals surface area contributed by atoms with Crippen LogP contribution in [0.4, 0.5) is 8.78 Å². The number of alkyl halides is 4. The Hall–Kier alpha value is -1.51. The summed E-state index contributed by atoms with van der Waals surface area (Å²) in [4.78, 5) is 36.3. The van der Waals surface area contributed by atoms with Crippen LogP contribution in [0.2, 0.25) is 0 Å². The highest BCUT2D eigenvalue weighted by molar-refractivity contribution is 6.53. The second-order valence-electron chi connectivity index (χ2n) is 10.6. The lowest BCUT2D eigenvalue weighted by molar-refractivity contribution is -0.235. The number of ether oxygens (including phenoxy) is 2. The van der Waals surface area contributed by atoms with Gasteiger partial charge in [-0.2, -0.15) is 0 Å². The van der Waals surface area contributed by atoms with Crippen LogP contribution in [0.3, 0.4) is 0 Å². The van der Waals surface area contributed by atoms with E-state index in [2.05, 4.69) is 0 Å². The third kappa shape index (κ3) is 3.53. The number of fused-ring (bicyclic) bond motifs is 5. The van der Waals surface area contributed by atoms with Crippen LogP contribution >= 0.6 is 23.2 Å². The standard InChI is InChI=1S/C25H30Cl2F2O6/c1-4-9-34-21(33)24(35-20(32)19(26)27)8-6-14-15-11-17(28)16-10-13(30)5-7-22(16,2)25(15,29)18(31)12-23(14,24)3/h5,7,10,14-15,17-19,31H,4,6,8-9,11-12H2,1-3H3/t14-,15-,17-,18-,22-,23-,24-,25-/m0/s1. The number of esters is 2. The number of allylic oxidation sites excluding steroid dienone is 4. The predicted octanol–water partition coefficient (Wildman–Crippen LogP) is 4.34. The van der Waals surface area contributed by atoms with E-state index < -0.39 is 68.8 Å². The molecular weight excluding hydrogens is 505 g/mol. The van der Waals surface area contributed by atoms with Gasteiger partial charge in [0, 0.05) is 16.7 Å². The molecule has 35 heavy (non-hydrogen) atoms. The highest BCUT2D eigenvalue weighted by Gasteiger charge is 2.77. The molecular formula is C25H30Cl2F2O6. The molecule has 3 fully saturated rings. The second-order valence-corrected chi connectivity index (χ2v) is 11.7. The van der Waals surface area contributed by atoms with Gasteiger partial charge in [0.05, 0.1) is 12.7 Å². The highest BCUT2D eigenvalue weighted by atomic mass is 35.5. The molecule has 4 rings (SSSR count). The van der Waals surface area contributed by atoms with E-state index in [0.29, 0.717) is 6.42 Å². The van der Waals surface area contributed by atoms with Crippen molar-refractivity contribution in [1.29, 1.82) is 0 Å². The Morgan fingerprint density at radius 1 is 1.29 bits per heavy atom. The van der Waals surface area contributed by atoms with Gasteiger partial charge in [0.15, 0.2) is 11.5 Å². The Morgan fingerprint density at radius 3 is 2.60 bits per heavy atom. The molecule has 0 amide bonds. The van der Waals surface area contributed by atoms with Crippen molar-refractivity contribution in [2.75, 3.05) is 6.61 Å². The fourth-order valence-corrected chi connectivity index (χ4v) is 7.35. The highest BCUT2D eigenvalue weighted by Crippen LogP contribution is 2.70. The topological polar surface area (TPSA) is 89.9 Å². The molecule has 8 atom stereocenters. The average Bonchev–Trinajstić information content (AvgIpc) is 3.08. The largest absolute Gasteiger partial charge is 0.463 e. The molecule has 0 aliphatic heterocycles. The van der Waals surface area contributed by atoms with Crippen molar-refractivity contribution in [3.63, 3.8) is 0 Å². The van der Waals surface area contributed by atoms with E-state index in [4.69, 9.17) is 32.7 Å². The van der Waals surface area contributed by atoms with Gasteiger partial charge in [0.25, 0.3) is 0 Å². The van der Waals surface area contributed by atoms with Crippen molar-refractivity contribution < 1.29 is 37.7 Å². The maximum atomic E-state index is 17.2. The van der Waals surface area contributed by atoms with Crippen molar-refractivity contribution in [3.05, 3.63) is 23.8 Å². The summed E-state index contributed by atoms with van der Waals surface area (Å²) in [5.74, 6) is -3.95. The molecule has 0 radical (unpaired) electrons. The molecule has 3 saturated carbocycles. The van der Waals surface area contributed by atoms with Crippen LogP contribution in [0.1, 0.15) is 52.9 Å². The zero-order chi connectivity index (χ0) is 26.0. The van der Waals surface area contributed by atoms with Crippen LogP contribution in [-0.2, 0) is 23.9 Å². The molecule has 0 heterocycles. The first kappa shape index (κ1) is 26.6. The van der Waals surface area contributed by atoms with Gasteiger partial charge < -0.3 is 14.6 Å². The smallest absolute Gasteiger partial charge is 0.351 e. The maximum absolute atomic E-state index is 17.2. The van der Waals surface area contributed by atoms with Crippen molar-refractivity contribution in [2.45, 2.75) is 81.3 Å². The van der Waals surface area contributed by atoms with Crippen LogP contribution in [0.5, 0.6) is 0 Å². The van der Waals surface area contributed by atoms with E-state index in [1.807, 2.05) is 0 Å². The summed E-state index contributed by atoms with van der Waals surface area (Å²) in [6.45, 7) is 5.02. The first-order valence-electron chi connectivity index (χ1n) is 11.9. The third-order valence-corrected chi connectivity index (χ3v) is 9.33. The van der Waals surface area contributed by atoms with Crippen LogP contribution in [0.25, 0.3) is 0 Å². The Morgan fingerprint density at radius 2 is 1.97 bits per heavy atom. The monoisotopic (exact) mass is 534 g/mol. The van der Waals surface area contributed by atoms with Crippen molar-refractivity contribution >= 4 is 40.9 Å². The summed E-state index contributed by atoms with van der Waals surface area (Å²) >= 11 is 11.4. The van der Waals surface area contributed by atoms with Crippen LogP contribution in [0, 0.1) is 22.7 Å². The molecule has 0 unspecified atom stereocenters. The number of halogens is 4. The molecule has 6 nitrogen and oxygen atoms in total. The summed E-state index contributed by atoms with van der Waals surface area (Å²) in [6.07, 6.45) is 0.608. The number of ketones is 1. The third-order valence-electron chi connectivity index (χ3n) is 8.97. The maximum Gasteiger partial charge on any atom is 0.351 e. The second kappa shape index (κ2) is 8.80. The lowest BCUT2D eigenvalue weighted by Crippen LogP contribution is -2.70. The summed E-state index contributed by atoms with van der Waals surface area (Å²) in [6, 6.07) is 0. The number of aliphatic hydroxyl groups is 1. The summed E-state index contributed by atoms with van der Waals surface area (Å²) in [5, 5.41) is 11.4. The Kier molecular flexibility index (Phi) is 6.68. The minimum Gasteiger partial charge on any atom is -0.463 e. The van der Waals surface area contributed by atoms with Gasteiger partial charge in [0.1, 0.15) is 6.17 Å². The van der Waals surface area contributed by atoms with E-state index in [0.717, 1.165) is 6.08 Å². The van der Waals surface area contributed by atoms with Gasteiger partial charge in [-0.15, -0.1) is 0 Å². The fraction of sp³-hybridized carbons (Fsp3) is 0.720. The molecule has 0 aromatic heterocycles. The Balaban J connectivity index is 1.81. The SMILES string of the molecule is CCCOC(=O)[C@@]1(OC(=O)C(Cl)Cl)CC[C@H]2[C@@H]3C[C@H](F)C4=CC(=O)C=C[C@]4(C)[C@@]3(F)[C@@H](O)C[C@@]21C. The lowest BCUT2D eigenvalue weighted by atomic mass is 9.44. The summed E-state index contributed by atoms with van der Waals surface area (Å²) in [7, 11) is 0. The van der Waals surface area contributed by atoms with Crippen LogP contribution in [0.15, 0.2) is 23.8 Å². The van der Waals surface area contributed by atoms with E-state index >= 15 is 8.78 Å². The number of carbonyl (C=O) groups excluding carboxylic acids is 3. The van der Waals surface area contributed by atoms with Gasteiger partial charge in [-0.05, 0) is 62.7 Å². The average molecular weight is 535 g/mol. The normalized spacial score (nSPS) is 44.3. The molecule has 4 aliphatic rings. The quantitative estimate of drug-likeness (QED) is 0.416. The number of hydrogen-bond donors (Lipinski definition) is 1. The summed E-state index contributed by atoms with van der Waals surface area (Å²) in [5.41, 5.74) is -6.99. The number of hydrogen-bond acceptors (Lipinski definition) is 6. The molecule has 0 spiro atoms. The van der Waals surface area contributed by atoms with Gasteiger partial charge in [-0.3, -0.25) is 4.79 Å². The van der Waals surface area contributed by atoms with Crippen LogP contribution < -0.4 is 0 Å². The number of rotatable bonds is 5. The molecule has 0 aromatic rings. The summed E-state index contributed by atoms with van der Waals surface area (Å²) < 4.78 is 43.8. The molecule has 1 N–H and O–H groups in total. The minimum absolute atomic E-state index is 0.00700. The lowest BCUT2D eigenvalue weighted by Gasteiger charge is -2.63. The van der Waals surface area contributed by atoms with Crippen LogP contribution in [-0.4, -0.2) is 57.8 Å². The Bertz CT molecular complexity index is 1000. The molecule has 0 aromatic carbocycles. The van der Waals surface area contributed by atoms with Gasteiger partial charge in [-0.25, -0.2) is 18.4 Å². The number of aliphatic hydroxyl groups excluding tert-OH is 1.